The molecular weight excluding hydrogens is 454 g/mol. The predicted octanol–water partition coefficient (Wildman–Crippen LogP) is 4.96. The number of carbonyl (C=O) groups excluding carboxylic acids is 1. The second-order valence-corrected chi connectivity index (χ2v) is 9.41. The Labute approximate surface area is 212 Å². The van der Waals surface area contributed by atoms with Gasteiger partial charge in [0.15, 0.2) is 0 Å². The topological polar surface area (TPSA) is 82.1 Å². The van der Waals surface area contributed by atoms with Crippen LogP contribution in [0.3, 0.4) is 0 Å². The summed E-state index contributed by atoms with van der Waals surface area (Å²) in [5.74, 6) is 1.13. The number of hydrogen-bond acceptors (Lipinski definition) is 5. The van der Waals surface area contributed by atoms with Gasteiger partial charge in [-0.3, -0.25) is 14.6 Å². The SMILES string of the molecule is CN(CC(=O)Nc1ccc(Oc2ccccc2)cc1)CC1CCN(Cc2ccc(C(=O)O)cc2)CC1. The lowest BCUT2D eigenvalue weighted by Gasteiger charge is -2.33. The number of para-hydroxylation sites is 1. The Morgan fingerprint density at radius 2 is 1.58 bits per heavy atom. The van der Waals surface area contributed by atoms with Gasteiger partial charge in [-0.1, -0.05) is 30.3 Å². The molecule has 0 bridgehead atoms. The van der Waals surface area contributed by atoms with Crippen molar-refractivity contribution in [3.63, 3.8) is 0 Å². The van der Waals surface area contributed by atoms with Crippen LogP contribution < -0.4 is 10.1 Å². The molecule has 7 heteroatoms. The minimum Gasteiger partial charge on any atom is -0.478 e. The Balaban J connectivity index is 1.16. The molecule has 2 N–H and O–H groups in total. The smallest absolute Gasteiger partial charge is 0.335 e. The number of hydrogen-bond donors (Lipinski definition) is 2. The molecule has 1 saturated heterocycles. The van der Waals surface area contributed by atoms with Crippen molar-refractivity contribution < 1.29 is 19.4 Å². The quantitative estimate of drug-likeness (QED) is 0.421. The lowest BCUT2D eigenvalue weighted by Crippen LogP contribution is -2.39. The number of anilines is 1. The zero-order chi connectivity index (χ0) is 25.3. The molecule has 0 unspecified atom stereocenters. The number of likely N-dealkylation sites (N-methyl/N-ethyl adjacent to an activating group) is 1. The minimum atomic E-state index is -0.897. The first-order valence-electron chi connectivity index (χ1n) is 12.3. The van der Waals surface area contributed by atoms with Gasteiger partial charge in [0, 0.05) is 18.8 Å². The van der Waals surface area contributed by atoms with E-state index in [0.717, 1.165) is 61.8 Å². The summed E-state index contributed by atoms with van der Waals surface area (Å²) in [5.41, 5.74) is 2.20. The lowest BCUT2D eigenvalue weighted by molar-refractivity contribution is -0.117. The number of ether oxygens (including phenoxy) is 1. The van der Waals surface area contributed by atoms with Crippen molar-refractivity contribution in [1.29, 1.82) is 0 Å². The molecule has 0 saturated carbocycles. The number of carboxylic acid groups (broad SMARTS) is 1. The summed E-state index contributed by atoms with van der Waals surface area (Å²) in [6.45, 7) is 4.07. The molecular formula is C29H33N3O4. The number of aromatic carboxylic acids is 1. The summed E-state index contributed by atoms with van der Waals surface area (Å²) in [5, 5.41) is 12.0. The van der Waals surface area contributed by atoms with Crippen molar-refractivity contribution in [2.45, 2.75) is 19.4 Å². The first-order chi connectivity index (χ1) is 17.4. The maximum absolute atomic E-state index is 12.5. The van der Waals surface area contributed by atoms with Crippen LogP contribution in [0.2, 0.25) is 0 Å². The van der Waals surface area contributed by atoms with E-state index < -0.39 is 5.97 Å². The van der Waals surface area contributed by atoms with Gasteiger partial charge in [-0.05, 0) is 93.0 Å². The summed E-state index contributed by atoms with van der Waals surface area (Å²) in [7, 11) is 1.99. The number of benzene rings is 3. The summed E-state index contributed by atoms with van der Waals surface area (Å²) in [4.78, 5) is 28.0. The van der Waals surface area contributed by atoms with Gasteiger partial charge in [0.2, 0.25) is 5.91 Å². The van der Waals surface area contributed by atoms with E-state index in [2.05, 4.69) is 15.1 Å². The summed E-state index contributed by atoms with van der Waals surface area (Å²) < 4.78 is 5.80. The average molecular weight is 488 g/mol. The van der Waals surface area contributed by atoms with E-state index >= 15 is 0 Å². The Morgan fingerprint density at radius 3 is 2.22 bits per heavy atom. The minimum absolute atomic E-state index is 0.0310. The zero-order valence-corrected chi connectivity index (χ0v) is 20.6. The van der Waals surface area contributed by atoms with Crippen LogP contribution in [0.4, 0.5) is 5.69 Å². The van der Waals surface area contributed by atoms with Gasteiger partial charge in [-0.25, -0.2) is 4.79 Å². The molecule has 0 atom stereocenters. The van der Waals surface area contributed by atoms with Crippen LogP contribution >= 0.6 is 0 Å². The highest BCUT2D eigenvalue weighted by Crippen LogP contribution is 2.23. The lowest BCUT2D eigenvalue weighted by atomic mass is 9.96. The van der Waals surface area contributed by atoms with E-state index in [4.69, 9.17) is 9.84 Å². The Bertz CT molecular complexity index is 1130. The van der Waals surface area contributed by atoms with Crippen molar-refractivity contribution in [3.05, 3.63) is 90.0 Å². The van der Waals surface area contributed by atoms with Crippen LogP contribution in [0.15, 0.2) is 78.9 Å². The molecule has 1 aliphatic rings. The van der Waals surface area contributed by atoms with Gasteiger partial charge in [0.05, 0.1) is 12.1 Å². The number of likely N-dealkylation sites (tertiary alicyclic amines) is 1. The highest BCUT2D eigenvalue weighted by molar-refractivity contribution is 5.92. The molecule has 1 fully saturated rings. The number of nitrogens with one attached hydrogen (secondary N) is 1. The second kappa shape index (κ2) is 12.3. The molecule has 4 rings (SSSR count). The summed E-state index contributed by atoms with van der Waals surface area (Å²) in [6.07, 6.45) is 2.17. The molecule has 1 aliphatic heterocycles. The molecule has 188 valence electrons. The summed E-state index contributed by atoms with van der Waals surface area (Å²) >= 11 is 0. The number of carboxylic acids is 1. The molecule has 0 radical (unpaired) electrons. The Hall–Kier alpha value is -3.68. The average Bonchev–Trinajstić information content (AvgIpc) is 2.87. The number of carbonyl (C=O) groups is 2. The van der Waals surface area contributed by atoms with E-state index in [1.807, 2.05) is 73.8 Å². The van der Waals surface area contributed by atoms with Crippen molar-refractivity contribution in [1.82, 2.24) is 9.80 Å². The normalized spacial score (nSPS) is 14.5. The fourth-order valence-electron chi connectivity index (χ4n) is 4.52. The van der Waals surface area contributed by atoms with Gasteiger partial charge in [-0.2, -0.15) is 0 Å². The summed E-state index contributed by atoms with van der Waals surface area (Å²) in [6, 6.07) is 24.1. The first-order valence-corrected chi connectivity index (χ1v) is 12.3. The highest BCUT2D eigenvalue weighted by Gasteiger charge is 2.21. The second-order valence-electron chi connectivity index (χ2n) is 9.41. The third-order valence-electron chi connectivity index (χ3n) is 6.41. The van der Waals surface area contributed by atoms with Crippen LogP contribution in [-0.2, 0) is 11.3 Å². The van der Waals surface area contributed by atoms with Gasteiger partial charge >= 0.3 is 5.97 Å². The van der Waals surface area contributed by atoms with E-state index in [9.17, 15) is 9.59 Å². The number of rotatable bonds is 10. The molecule has 0 aliphatic carbocycles. The maximum atomic E-state index is 12.5. The Morgan fingerprint density at radius 1 is 0.944 bits per heavy atom. The van der Waals surface area contributed by atoms with Gasteiger partial charge in [0.25, 0.3) is 0 Å². The number of piperidine rings is 1. The molecule has 0 spiro atoms. The van der Waals surface area contributed by atoms with E-state index in [0.29, 0.717) is 18.0 Å². The van der Waals surface area contributed by atoms with Crippen molar-refractivity contribution in [3.8, 4) is 11.5 Å². The number of amides is 1. The van der Waals surface area contributed by atoms with E-state index in [1.54, 1.807) is 12.1 Å². The van der Waals surface area contributed by atoms with E-state index in [-0.39, 0.29) is 5.91 Å². The van der Waals surface area contributed by atoms with Crippen LogP contribution in [0.1, 0.15) is 28.8 Å². The van der Waals surface area contributed by atoms with Gasteiger partial charge in [-0.15, -0.1) is 0 Å². The van der Waals surface area contributed by atoms with Crippen molar-refractivity contribution >= 4 is 17.6 Å². The fourth-order valence-corrected chi connectivity index (χ4v) is 4.52. The zero-order valence-electron chi connectivity index (χ0n) is 20.6. The predicted molar refractivity (Wildman–Crippen MR) is 140 cm³/mol. The van der Waals surface area contributed by atoms with Gasteiger partial charge < -0.3 is 15.2 Å². The van der Waals surface area contributed by atoms with Crippen LogP contribution in [0, 0.1) is 5.92 Å². The monoisotopic (exact) mass is 487 g/mol. The van der Waals surface area contributed by atoms with E-state index in [1.165, 1.54) is 0 Å². The van der Waals surface area contributed by atoms with Crippen LogP contribution in [0.25, 0.3) is 0 Å². The fraction of sp³-hybridized carbons (Fsp3) is 0.310. The maximum Gasteiger partial charge on any atom is 0.335 e. The molecule has 0 aromatic heterocycles. The van der Waals surface area contributed by atoms with Crippen LogP contribution in [0.5, 0.6) is 11.5 Å². The third-order valence-corrected chi connectivity index (χ3v) is 6.41. The van der Waals surface area contributed by atoms with Crippen LogP contribution in [-0.4, -0.2) is 60.0 Å². The highest BCUT2D eigenvalue weighted by atomic mass is 16.5. The Kier molecular flexibility index (Phi) is 8.71. The molecule has 3 aromatic rings. The molecule has 7 nitrogen and oxygen atoms in total. The first kappa shape index (κ1) is 25.4. The standard InChI is InChI=1S/C29H33N3O4/c1-31(19-23-15-17-32(18-16-23)20-22-7-9-24(10-8-22)29(34)35)21-28(33)30-25-11-13-27(14-12-25)36-26-5-3-2-4-6-26/h2-14,23H,15-21H2,1H3,(H,30,33)(H,34,35). The van der Waals surface area contributed by atoms with Crippen molar-refractivity contribution in [2.24, 2.45) is 5.92 Å². The van der Waals surface area contributed by atoms with Crippen molar-refractivity contribution in [2.75, 3.05) is 38.5 Å². The number of nitrogens with zero attached hydrogens (tertiary/aromatic N) is 2. The van der Waals surface area contributed by atoms with Gasteiger partial charge in [0.1, 0.15) is 11.5 Å². The molecule has 1 heterocycles. The third kappa shape index (κ3) is 7.66. The molecule has 1 amide bonds. The largest absolute Gasteiger partial charge is 0.478 e. The molecule has 3 aromatic carbocycles. The molecule has 36 heavy (non-hydrogen) atoms.